The summed E-state index contributed by atoms with van der Waals surface area (Å²) >= 11 is 0. The van der Waals surface area contributed by atoms with Gasteiger partial charge in [0.1, 0.15) is 5.75 Å². The third-order valence-corrected chi connectivity index (χ3v) is 3.56. The highest BCUT2D eigenvalue weighted by atomic mass is 19.4. The average Bonchev–Trinajstić information content (AvgIpc) is 2.75. The van der Waals surface area contributed by atoms with Gasteiger partial charge in [-0.25, -0.2) is 13.8 Å². The molecular weight excluding hydrogens is 361 g/mol. The van der Waals surface area contributed by atoms with Crippen LogP contribution in [0.3, 0.4) is 0 Å². The van der Waals surface area contributed by atoms with Crippen LogP contribution in [0.5, 0.6) is 11.6 Å². The van der Waals surface area contributed by atoms with Crippen molar-refractivity contribution < 1.29 is 40.2 Å². The van der Waals surface area contributed by atoms with Gasteiger partial charge >= 0.3 is 12.3 Å². The van der Waals surface area contributed by atoms with E-state index in [-0.39, 0.29) is 18.5 Å². The summed E-state index contributed by atoms with van der Waals surface area (Å²) in [6, 6.07) is 1.48. The Morgan fingerprint density at radius 3 is 2.28 bits per heavy atom. The van der Waals surface area contributed by atoms with Gasteiger partial charge in [0, 0.05) is 18.7 Å². The van der Waals surface area contributed by atoms with E-state index in [0.717, 1.165) is 12.1 Å². The van der Waals surface area contributed by atoms with Crippen molar-refractivity contribution in [2.45, 2.75) is 44.2 Å². The van der Waals surface area contributed by atoms with E-state index >= 15 is 0 Å². The molecule has 0 spiro atoms. The zero-order valence-electron chi connectivity index (χ0n) is 13.2. The molecule has 0 radical (unpaired) electrons. The van der Waals surface area contributed by atoms with Gasteiger partial charge in [0.25, 0.3) is 5.92 Å². The fourth-order valence-electron chi connectivity index (χ4n) is 2.15. The molecular formula is C14H15F7N2O2. The van der Waals surface area contributed by atoms with Crippen molar-refractivity contribution in [3.8, 4) is 11.6 Å². The van der Waals surface area contributed by atoms with E-state index in [0.29, 0.717) is 6.20 Å². The first-order valence-electron chi connectivity index (χ1n) is 7.20. The zero-order valence-corrected chi connectivity index (χ0v) is 13.2. The van der Waals surface area contributed by atoms with Gasteiger partial charge in [0.2, 0.25) is 5.88 Å². The predicted molar refractivity (Wildman–Crippen MR) is 71.9 cm³/mol. The second-order valence-corrected chi connectivity index (χ2v) is 5.84. The molecule has 1 aliphatic heterocycles. The molecule has 1 atom stereocenters. The van der Waals surface area contributed by atoms with Crippen molar-refractivity contribution in [3.05, 3.63) is 18.3 Å². The minimum absolute atomic E-state index is 0.0727. The minimum atomic E-state index is -5.89. The Kier molecular flexibility index (Phi) is 5.08. The van der Waals surface area contributed by atoms with E-state index in [1.807, 2.05) is 0 Å². The van der Waals surface area contributed by atoms with E-state index < -0.39 is 36.6 Å². The van der Waals surface area contributed by atoms with Crippen molar-refractivity contribution >= 4 is 0 Å². The second kappa shape index (κ2) is 6.50. The molecule has 0 unspecified atom stereocenters. The van der Waals surface area contributed by atoms with Crippen molar-refractivity contribution in [1.82, 2.24) is 9.88 Å². The van der Waals surface area contributed by atoms with E-state index in [1.165, 1.54) is 4.90 Å². The first kappa shape index (κ1) is 19.5. The van der Waals surface area contributed by atoms with Gasteiger partial charge in [-0.15, -0.1) is 0 Å². The van der Waals surface area contributed by atoms with Crippen molar-refractivity contribution in [2.24, 2.45) is 0 Å². The number of hydrogen-bond donors (Lipinski definition) is 0. The summed E-state index contributed by atoms with van der Waals surface area (Å²) in [4.78, 5) is 4.94. The van der Waals surface area contributed by atoms with Crippen molar-refractivity contribution in [3.63, 3.8) is 0 Å². The lowest BCUT2D eigenvalue weighted by Gasteiger charge is -2.21. The molecule has 2 heterocycles. The topological polar surface area (TPSA) is 34.6 Å². The molecule has 1 saturated heterocycles. The molecule has 11 heteroatoms. The Hall–Kier alpha value is -1.78. The highest BCUT2D eigenvalue weighted by Crippen LogP contribution is 2.37. The lowest BCUT2D eigenvalue weighted by molar-refractivity contribution is -0.360. The molecule has 0 amide bonds. The molecule has 1 aromatic rings. The quantitative estimate of drug-likeness (QED) is 0.734. The number of ether oxygens (including phenoxy) is 2. The van der Waals surface area contributed by atoms with Crippen LogP contribution in [0.4, 0.5) is 30.7 Å². The molecule has 0 saturated carbocycles. The maximum absolute atomic E-state index is 13.9. The number of aromatic nitrogens is 1. The second-order valence-electron chi connectivity index (χ2n) is 5.84. The van der Waals surface area contributed by atoms with E-state index in [1.54, 1.807) is 13.8 Å². The maximum atomic E-state index is 13.9. The molecule has 2 rings (SSSR count). The van der Waals surface area contributed by atoms with Crippen LogP contribution in [0.1, 0.15) is 13.8 Å². The Morgan fingerprint density at radius 1 is 1.20 bits per heavy atom. The molecule has 25 heavy (non-hydrogen) atoms. The number of alkyl halides is 7. The predicted octanol–water partition coefficient (Wildman–Crippen LogP) is 3.72. The van der Waals surface area contributed by atoms with Gasteiger partial charge in [-0.3, -0.25) is 4.90 Å². The standard InChI is InChI=1S/C14H15F7N2O2/c1-8(2)23-6-10(12(15,16)7-23)24-11-4-3-9(5-22-11)25-14(20,21)13(17,18)19/h3-5,8,10H,6-7H2,1-2H3/t10-/m1/s1. The Morgan fingerprint density at radius 2 is 1.84 bits per heavy atom. The van der Waals surface area contributed by atoms with Gasteiger partial charge in [-0.1, -0.05) is 0 Å². The number of halogens is 7. The number of likely N-dealkylation sites (tertiary alicyclic amines) is 1. The normalized spacial score (nSPS) is 21.6. The number of rotatable bonds is 5. The van der Waals surface area contributed by atoms with E-state index in [4.69, 9.17) is 4.74 Å². The summed E-state index contributed by atoms with van der Waals surface area (Å²) in [5.41, 5.74) is 0. The SMILES string of the molecule is CC(C)N1C[C@@H](Oc2ccc(OC(F)(F)C(F)(F)F)cn2)C(F)(F)C1. The summed E-state index contributed by atoms with van der Waals surface area (Å²) in [7, 11) is 0. The largest absolute Gasteiger partial charge is 0.499 e. The molecule has 142 valence electrons. The Balaban J connectivity index is 2.04. The van der Waals surface area contributed by atoms with E-state index in [2.05, 4.69) is 9.72 Å². The van der Waals surface area contributed by atoms with Crippen LogP contribution >= 0.6 is 0 Å². The minimum Gasteiger partial charge on any atom is -0.466 e. The first-order valence-corrected chi connectivity index (χ1v) is 7.20. The fraction of sp³-hybridized carbons (Fsp3) is 0.643. The highest BCUT2D eigenvalue weighted by molar-refractivity contribution is 5.24. The first-order chi connectivity index (χ1) is 11.3. The molecule has 1 aliphatic rings. The van der Waals surface area contributed by atoms with Crippen LogP contribution in [-0.2, 0) is 0 Å². The smallest absolute Gasteiger partial charge is 0.466 e. The van der Waals surface area contributed by atoms with Crippen LogP contribution < -0.4 is 9.47 Å². The maximum Gasteiger partial charge on any atom is 0.499 e. The van der Waals surface area contributed by atoms with Crippen LogP contribution in [0.2, 0.25) is 0 Å². The lowest BCUT2D eigenvalue weighted by atomic mass is 10.2. The average molecular weight is 376 g/mol. The van der Waals surface area contributed by atoms with Gasteiger partial charge in [-0.05, 0) is 19.9 Å². The van der Waals surface area contributed by atoms with Crippen LogP contribution in [0, 0.1) is 0 Å². The monoisotopic (exact) mass is 376 g/mol. The van der Waals surface area contributed by atoms with Gasteiger partial charge in [0.05, 0.1) is 12.7 Å². The molecule has 1 aromatic heterocycles. The fourth-order valence-corrected chi connectivity index (χ4v) is 2.15. The van der Waals surface area contributed by atoms with Gasteiger partial charge in [0.15, 0.2) is 6.10 Å². The van der Waals surface area contributed by atoms with Gasteiger partial charge in [-0.2, -0.15) is 22.0 Å². The van der Waals surface area contributed by atoms with Gasteiger partial charge < -0.3 is 9.47 Å². The van der Waals surface area contributed by atoms with Crippen molar-refractivity contribution in [2.75, 3.05) is 13.1 Å². The number of pyridine rings is 1. The Labute approximate surface area is 138 Å². The summed E-state index contributed by atoms with van der Waals surface area (Å²) < 4.78 is 98.0. The summed E-state index contributed by atoms with van der Waals surface area (Å²) in [5.74, 6) is -4.36. The third-order valence-electron chi connectivity index (χ3n) is 3.56. The van der Waals surface area contributed by atoms with Crippen molar-refractivity contribution in [1.29, 1.82) is 0 Å². The Bertz CT molecular complexity index is 590. The summed E-state index contributed by atoms with van der Waals surface area (Å²) in [5, 5.41) is 0. The molecule has 0 aromatic carbocycles. The van der Waals surface area contributed by atoms with Crippen LogP contribution in [0.15, 0.2) is 18.3 Å². The highest BCUT2D eigenvalue weighted by Gasteiger charge is 2.61. The summed E-state index contributed by atoms with van der Waals surface area (Å²) in [6.45, 7) is 2.90. The summed E-state index contributed by atoms with van der Waals surface area (Å²) in [6.07, 6.45) is -12.3. The molecule has 0 bridgehead atoms. The van der Waals surface area contributed by atoms with Crippen LogP contribution in [0.25, 0.3) is 0 Å². The zero-order chi connectivity index (χ0) is 19.0. The molecule has 4 nitrogen and oxygen atoms in total. The number of nitrogens with zero attached hydrogens (tertiary/aromatic N) is 2. The third kappa shape index (κ3) is 4.44. The molecule has 0 aliphatic carbocycles. The number of hydrogen-bond acceptors (Lipinski definition) is 4. The molecule has 0 N–H and O–H groups in total. The van der Waals surface area contributed by atoms with Crippen LogP contribution in [-0.4, -0.2) is 53.3 Å². The van der Waals surface area contributed by atoms with E-state index in [9.17, 15) is 30.7 Å². The lowest BCUT2D eigenvalue weighted by Crippen LogP contribution is -2.41. The molecule has 1 fully saturated rings.